The highest BCUT2D eigenvalue weighted by Gasteiger charge is 1.99. The molecule has 0 spiro atoms. The number of hydrogen-bond donors (Lipinski definition) is 2. The fourth-order valence-electron chi connectivity index (χ4n) is 2.10. The minimum absolute atomic E-state index is 0.795. The number of hydrogen-bond acceptors (Lipinski definition) is 2. The monoisotopic (exact) mass is 240 g/mol. The minimum atomic E-state index is 0.795. The van der Waals surface area contributed by atoms with Crippen LogP contribution in [0.5, 0.6) is 0 Å². The van der Waals surface area contributed by atoms with Crippen LogP contribution >= 0.6 is 0 Å². The Kier molecular flexibility index (Phi) is 2.86. The molecule has 0 amide bonds. The van der Waals surface area contributed by atoms with Gasteiger partial charge in [-0.3, -0.25) is 4.68 Å². The van der Waals surface area contributed by atoms with E-state index in [-0.39, 0.29) is 0 Å². The second-order valence-corrected chi connectivity index (χ2v) is 4.48. The molecule has 0 saturated heterocycles. The molecule has 4 nitrogen and oxygen atoms in total. The molecule has 2 heterocycles. The Balaban J connectivity index is 1.62. The third kappa shape index (κ3) is 2.28. The summed E-state index contributed by atoms with van der Waals surface area (Å²) in [5, 5.41) is 8.98. The number of aromatic nitrogens is 3. The number of nitrogens with one attached hydrogen (secondary N) is 2. The summed E-state index contributed by atoms with van der Waals surface area (Å²) in [6.07, 6.45) is 3.93. The summed E-state index contributed by atoms with van der Waals surface area (Å²) in [7, 11) is 1.93. The Bertz CT molecular complexity index is 650. The standard InChI is InChI=1S/C14H16N4/c1-18-7-5-13(17-18)10-15-9-11-2-3-12-4-6-16-14(12)8-11/h2-8,15-16H,9-10H2,1H3. The summed E-state index contributed by atoms with van der Waals surface area (Å²) in [6.45, 7) is 1.65. The molecule has 18 heavy (non-hydrogen) atoms. The Morgan fingerprint density at radius 2 is 2.17 bits per heavy atom. The summed E-state index contributed by atoms with van der Waals surface area (Å²) in [5.41, 5.74) is 3.53. The van der Waals surface area contributed by atoms with Crippen LogP contribution < -0.4 is 5.32 Å². The lowest BCUT2D eigenvalue weighted by Crippen LogP contribution is -2.13. The lowest BCUT2D eigenvalue weighted by atomic mass is 10.1. The molecule has 2 N–H and O–H groups in total. The van der Waals surface area contributed by atoms with Crippen LogP contribution in [0.25, 0.3) is 10.9 Å². The normalized spacial score (nSPS) is 11.2. The quantitative estimate of drug-likeness (QED) is 0.734. The van der Waals surface area contributed by atoms with Crippen molar-refractivity contribution in [2.75, 3.05) is 0 Å². The fraction of sp³-hybridized carbons (Fsp3) is 0.214. The molecule has 0 saturated carbocycles. The largest absolute Gasteiger partial charge is 0.361 e. The van der Waals surface area contributed by atoms with Gasteiger partial charge in [-0.1, -0.05) is 12.1 Å². The maximum absolute atomic E-state index is 4.33. The van der Waals surface area contributed by atoms with E-state index >= 15 is 0 Å². The van der Waals surface area contributed by atoms with E-state index in [4.69, 9.17) is 0 Å². The average Bonchev–Trinajstić information content (AvgIpc) is 2.97. The molecule has 0 radical (unpaired) electrons. The SMILES string of the molecule is Cn1ccc(CNCc2ccc3cc[nH]c3c2)n1. The van der Waals surface area contributed by atoms with Gasteiger partial charge in [0, 0.05) is 38.0 Å². The van der Waals surface area contributed by atoms with Crippen molar-refractivity contribution in [3.8, 4) is 0 Å². The van der Waals surface area contributed by atoms with E-state index < -0.39 is 0 Å². The average molecular weight is 240 g/mol. The molecule has 3 rings (SSSR count). The van der Waals surface area contributed by atoms with Crippen LogP contribution in [0, 0.1) is 0 Å². The number of benzene rings is 1. The van der Waals surface area contributed by atoms with Gasteiger partial charge in [-0.15, -0.1) is 0 Å². The lowest BCUT2D eigenvalue weighted by Gasteiger charge is -2.03. The predicted octanol–water partition coefficient (Wildman–Crippen LogP) is 2.19. The third-order valence-electron chi connectivity index (χ3n) is 3.02. The first-order chi connectivity index (χ1) is 8.81. The zero-order valence-electron chi connectivity index (χ0n) is 10.4. The molecule has 0 aliphatic heterocycles. The molecule has 0 unspecified atom stereocenters. The summed E-state index contributed by atoms with van der Waals surface area (Å²) in [6, 6.07) is 10.6. The highest BCUT2D eigenvalue weighted by Crippen LogP contribution is 2.13. The summed E-state index contributed by atoms with van der Waals surface area (Å²) in [4.78, 5) is 3.23. The van der Waals surface area contributed by atoms with E-state index in [9.17, 15) is 0 Å². The van der Waals surface area contributed by atoms with E-state index in [1.54, 1.807) is 0 Å². The first-order valence-corrected chi connectivity index (χ1v) is 6.06. The lowest BCUT2D eigenvalue weighted by molar-refractivity contribution is 0.657. The van der Waals surface area contributed by atoms with Gasteiger partial charge in [0.25, 0.3) is 0 Å². The van der Waals surface area contributed by atoms with E-state index in [1.807, 2.05) is 30.2 Å². The van der Waals surface area contributed by atoms with Gasteiger partial charge in [-0.25, -0.2) is 0 Å². The summed E-state index contributed by atoms with van der Waals surface area (Å²) >= 11 is 0. The predicted molar refractivity (Wildman–Crippen MR) is 72.1 cm³/mol. The van der Waals surface area contributed by atoms with Gasteiger partial charge in [-0.2, -0.15) is 5.10 Å². The number of fused-ring (bicyclic) bond motifs is 1. The van der Waals surface area contributed by atoms with Crippen molar-refractivity contribution in [3.63, 3.8) is 0 Å². The molecule has 2 aromatic heterocycles. The van der Waals surface area contributed by atoms with Crippen molar-refractivity contribution < 1.29 is 0 Å². The maximum atomic E-state index is 4.33. The molecule has 4 heteroatoms. The van der Waals surface area contributed by atoms with Gasteiger partial charge in [0.2, 0.25) is 0 Å². The van der Waals surface area contributed by atoms with Crippen molar-refractivity contribution in [2.45, 2.75) is 13.1 Å². The van der Waals surface area contributed by atoms with Crippen LogP contribution in [0.3, 0.4) is 0 Å². The van der Waals surface area contributed by atoms with Crippen molar-refractivity contribution in [2.24, 2.45) is 7.05 Å². The maximum Gasteiger partial charge on any atom is 0.0762 e. The Morgan fingerprint density at radius 3 is 3.00 bits per heavy atom. The van der Waals surface area contributed by atoms with Gasteiger partial charge in [0.15, 0.2) is 0 Å². The van der Waals surface area contributed by atoms with Crippen LogP contribution in [-0.2, 0) is 20.1 Å². The first-order valence-electron chi connectivity index (χ1n) is 6.06. The highest BCUT2D eigenvalue weighted by atomic mass is 15.3. The molecule has 0 bridgehead atoms. The van der Waals surface area contributed by atoms with Crippen molar-refractivity contribution >= 4 is 10.9 Å². The number of rotatable bonds is 4. The Morgan fingerprint density at radius 1 is 1.22 bits per heavy atom. The molecule has 0 atom stereocenters. The number of aryl methyl sites for hydroxylation is 1. The molecule has 0 fully saturated rings. The van der Waals surface area contributed by atoms with E-state index in [2.05, 4.69) is 39.7 Å². The molecule has 0 aliphatic carbocycles. The van der Waals surface area contributed by atoms with Gasteiger partial charge >= 0.3 is 0 Å². The first kappa shape index (κ1) is 11.0. The minimum Gasteiger partial charge on any atom is -0.361 e. The number of aromatic amines is 1. The van der Waals surface area contributed by atoms with Crippen LogP contribution in [0.15, 0.2) is 42.7 Å². The molecule has 0 aliphatic rings. The topological polar surface area (TPSA) is 45.6 Å². The second kappa shape index (κ2) is 4.66. The fourth-order valence-corrected chi connectivity index (χ4v) is 2.10. The van der Waals surface area contributed by atoms with Crippen LogP contribution in [-0.4, -0.2) is 14.8 Å². The van der Waals surface area contributed by atoms with Gasteiger partial charge in [-0.05, 0) is 29.1 Å². The second-order valence-electron chi connectivity index (χ2n) is 4.48. The van der Waals surface area contributed by atoms with Crippen LogP contribution in [0.4, 0.5) is 0 Å². The van der Waals surface area contributed by atoms with Gasteiger partial charge in [0.1, 0.15) is 0 Å². The smallest absolute Gasteiger partial charge is 0.0762 e. The van der Waals surface area contributed by atoms with Crippen LogP contribution in [0.1, 0.15) is 11.3 Å². The molecule has 92 valence electrons. The van der Waals surface area contributed by atoms with Gasteiger partial charge < -0.3 is 10.3 Å². The Hall–Kier alpha value is -2.07. The zero-order valence-corrected chi connectivity index (χ0v) is 10.4. The Labute approximate surface area is 106 Å². The van der Waals surface area contributed by atoms with E-state index in [0.717, 1.165) is 18.8 Å². The highest BCUT2D eigenvalue weighted by molar-refractivity contribution is 5.79. The third-order valence-corrected chi connectivity index (χ3v) is 3.02. The van der Waals surface area contributed by atoms with E-state index in [0.29, 0.717) is 0 Å². The van der Waals surface area contributed by atoms with Gasteiger partial charge in [0.05, 0.1) is 5.69 Å². The molecule has 1 aromatic carbocycles. The number of H-pyrrole nitrogens is 1. The van der Waals surface area contributed by atoms with Crippen molar-refractivity contribution in [3.05, 3.63) is 54.0 Å². The van der Waals surface area contributed by atoms with Crippen molar-refractivity contribution in [1.82, 2.24) is 20.1 Å². The molecular weight excluding hydrogens is 224 g/mol. The summed E-state index contributed by atoms with van der Waals surface area (Å²) in [5.74, 6) is 0. The summed E-state index contributed by atoms with van der Waals surface area (Å²) < 4.78 is 1.82. The van der Waals surface area contributed by atoms with E-state index in [1.165, 1.54) is 16.5 Å². The molecular formula is C14H16N4. The van der Waals surface area contributed by atoms with Crippen molar-refractivity contribution in [1.29, 1.82) is 0 Å². The molecule has 3 aromatic rings. The van der Waals surface area contributed by atoms with Crippen LogP contribution in [0.2, 0.25) is 0 Å². The number of nitrogens with zero attached hydrogens (tertiary/aromatic N) is 2. The zero-order chi connectivity index (χ0) is 12.4.